The summed E-state index contributed by atoms with van der Waals surface area (Å²) in [5.41, 5.74) is 1.10. The first kappa shape index (κ1) is 13.6. The van der Waals surface area contributed by atoms with Crippen LogP contribution in [0, 0.1) is 12.8 Å². The minimum Gasteiger partial charge on any atom is -0.354 e. The van der Waals surface area contributed by atoms with Gasteiger partial charge in [0.1, 0.15) is 0 Å². The lowest BCUT2D eigenvalue weighted by atomic mass is 10.1. The molecule has 1 atom stereocenters. The molecule has 0 aromatic carbocycles. The summed E-state index contributed by atoms with van der Waals surface area (Å²) in [6.45, 7) is 6.31. The summed E-state index contributed by atoms with van der Waals surface area (Å²) in [5.74, 6) is -0.162. The van der Waals surface area contributed by atoms with Crippen molar-refractivity contribution in [3.05, 3.63) is 18.0 Å². The molecule has 1 aromatic heterocycles. The molecule has 1 aliphatic rings. The molecule has 0 bridgehead atoms. The van der Waals surface area contributed by atoms with Gasteiger partial charge in [0, 0.05) is 32.3 Å². The van der Waals surface area contributed by atoms with Gasteiger partial charge in [-0.15, -0.1) is 0 Å². The first-order valence-electron chi connectivity index (χ1n) is 6.64. The van der Waals surface area contributed by atoms with Gasteiger partial charge in [0.15, 0.2) is 0 Å². The van der Waals surface area contributed by atoms with E-state index in [1.807, 2.05) is 20.0 Å². The molecule has 0 spiro atoms. The Kier molecular flexibility index (Phi) is 4.19. The molecule has 1 N–H and O–H groups in total. The third kappa shape index (κ3) is 3.33. The highest BCUT2D eigenvalue weighted by Crippen LogP contribution is 2.17. The summed E-state index contributed by atoms with van der Waals surface area (Å²) in [6.07, 6.45) is 4.06. The van der Waals surface area contributed by atoms with Crippen LogP contribution in [0.4, 0.5) is 0 Å². The van der Waals surface area contributed by atoms with Crippen LogP contribution in [0.25, 0.3) is 0 Å². The zero-order valence-corrected chi connectivity index (χ0v) is 11.4. The van der Waals surface area contributed by atoms with E-state index in [4.69, 9.17) is 0 Å². The van der Waals surface area contributed by atoms with Gasteiger partial charge in [0.25, 0.3) is 0 Å². The molecule has 6 heteroatoms. The van der Waals surface area contributed by atoms with Crippen molar-refractivity contribution in [2.45, 2.75) is 26.8 Å². The van der Waals surface area contributed by atoms with E-state index < -0.39 is 0 Å². The number of likely N-dealkylation sites (tertiary alicyclic amines) is 1. The van der Waals surface area contributed by atoms with Crippen molar-refractivity contribution in [3.8, 4) is 0 Å². The van der Waals surface area contributed by atoms with Gasteiger partial charge >= 0.3 is 0 Å². The summed E-state index contributed by atoms with van der Waals surface area (Å²) < 4.78 is 1.80. The average Bonchev–Trinajstić information content (AvgIpc) is 2.95. The Morgan fingerprint density at radius 2 is 2.37 bits per heavy atom. The number of hydrogen-bond donors (Lipinski definition) is 1. The van der Waals surface area contributed by atoms with Crippen molar-refractivity contribution in [1.29, 1.82) is 0 Å². The van der Waals surface area contributed by atoms with Gasteiger partial charge in [0.05, 0.1) is 18.7 Å². The van der Waals surface area contributed by atoms with Crippen molar-refractivity contribution < 1.29 is 9.59 Å². The Hall–Kier alpha value is -1.85. The normalized spacial score (nSPS) is 18.9. The van der Waals surface area contributed by atoms with E-state index in [1.165, 1.54) is 0 Å². The maximum atomic E-state index is 11.9. The number of nitrogens with zero attached hydrogens (tertiary/aromatic N) is 3. The van der Waals surface area contributed by atoms with Crippen LogP contribution < -0.4 is 5.32 Å². The minimum absolute atomic E-state index is 0.0341. The molecule has 0 aliphatic carbocycles. The highest BCUT2D eigenvalue weighted by Gasteiger charge is 2.32. The van der Waals surface area contributed by atoms with E-state index in [1.54, 1.807) is 15.8 Å². The van der Waals surface area contributed by atoms with E-state index in [0.29, 0.717) is 32.6 Å². The molecule has 1 saturated heterocycles. The molecule has 0 radical (unpaired) electrons. The van der Waals surface area contributed by atoms with Crippen LogP contribution in [-0.4, -0.2) is 46.1 Å². The third-order valence-corrected chi connectivity index (χ3v) is 3.37. The molecule has 104 valence electrons. The van der Waals surface area contributed by atoms with Gasteiger partial charge in [0.2, 0.25) is 11.8 Å². The van der Waals surface area contributed by atoms with E-state index in [2.05, 4.69) is 10.4 Å². The first-order chi connectivity index (χ1) is 9.10. The van der Waals surface area contributed by atoms with E-state index >= 15 is 0 Å². The second kappa shape index (κ2) is 5.86. The van der Waals surface area contributed by atoms with Gasteiger partial charge in [-0.1, -0.05) is 0 Å². The van der Waals surface area contributed by atoms with E-state index in [0.717, 1.165) is 5.56 Å². The lowest BCUT2D eigenvalue weighted by Gasteiger charge is -2.13. The minimum atomic E-state index is -0.202. The van der Waals surface area contributed by atoms with E-state index in [-0.39, 0.29) is 17.7 Å². The largest absolute Gasteiger partial charge is 0.354 e. The molecular formula is C13H20N4O2. The third-order valence-electron chi connectivity index (χ3n) is 3.37. The van der Waals surface area contributed by atoms with Crippen LogP contribution in [-0.2, 0) is 16.1 Å². The lowest BCUT2D eigenvalue weighted by Crippen LogP contribution is -2.34. The average molecular weight is 264 g/mol. The number of carbonyl (C=O) groups is 2. The van der Waals surface area contributed by atoms with Gasteiger partial charge in [-0.3, -0.25) is 14.3 Å². The fourth-order valence-corrected chi connectivity index (χ4v) is 2.28. The summed E-state index contributed by atoms with van der Waals surface area (Å²) in [5, 5.41) is 7.02. The fourth-order valence-electron chi connectivity index (χ4n) is 2.28. The maximum Gasteiger partial charge on any atom is 0.225 e. The fraction of sp³-hybridized carbons (Fsp3) is 0.615. The Balaban J connectivity index is 1.74. The van der Waals surface area contributed by atoms with Gasteiger partial charge in [-0.05, 0) is 19.4 Å². The van der Waals surface area contributed by atoms with Gasteiger partial charge < -0.3 is 10.2 Å². The van der Waals surface area contributed by atoms with Crippen LogP contribution in [0.1, 0.15) is 18.9 Å². The molecule has 2 rings (SSSR count). The molecule has 1 fully saturated rings. The van der Waals surface area contributed by atoms with Crippen molar-refractivity contribution >= 4 is 11.8 Å². The molecule has 1 aliphatic heterocycles. The summed E-state index contributed by atoms with van der Waals surface area (Å²) in [6, 6.07) is 0. The zero-order chi connectivity index (χ0) is 13.8. The van der Waals surface area contributed by atoms with E-state index in [9.17, 15) is 9.59 Å². The van der Waals surface area contributed by atoms with Crippen molar-refractivity contribution in [2.75, 3.05) is 19.6 Å². The molecule has 2 heterocycles. The SMILES string of the molecule is CCN1CC(C(=O)NCCn2cc(C)cn2)CC1=O. The van der Waals surface area contributed by atoms with Crippen LogP contribution >= 0.6 is 0 Å². The van der Waals surface area contributed by atoms with Crippen molar-refractivity contribution in [2.24, 2.45) is 5.92 Å². The highest BCUT2D eigenvalue weighted by atomic mass is 16.2. The number of rotatable bonds is 5. The Labute approximate surface area is 112 Å². The lowest BCUT2D eigenvalue weighted by molar-refractivity contribution is -0.128. The molecule has 1 aromatic rings. The quantitative estimate of drug-likeness (QED) is 0.824. The topological polar surface area (TPSA) is 67.2 Å². The van der Waals surface area contributed by atoms with Gasteiger partial charge in [-0.2, -0.15) is 5.10 Å². The van der Waals surface area contributed by atoms with Crippen molar-refractivity contribution in [3.63, 3.8) is 0 Å². The smallest absolute Gasteiger partial charge is 0.225 e. The number of nitrogens with one attached hydrogen (secondary N) is 1. The molecule has 19 heavy (non-hydrogen) atoms. The Morgan fingerprint density at radius 3 is 2.95 bits per heavy atom. The number of hydrogen-bond acceptors (Lipinski definition) is 3. The van der Waals surface area contributed by atoms with Crippen LogP contribution in [0.3, 0.4) is 0 Å². The summed E-state index contributed by atoms with van der Waals surface area (Å²) >= 11 is 0. The standard InChI is InChI=1S/C13H20N4O2/c1-3-16-9-11(6-12(16)18)13(19)14-4-5-17-8-10(2)7-15-17/h7-8,11H,3-6,9H2,1-2H3,(H,14,19). The van der Waals surface area contributed by atoms with Crippen LogP contribution in [0.15, 0.2) is 12.4 Å². The van der Waals surface area contributed by atoms with Crippen molar-refractivity contribution in [1.82, 2.24) is 20.0 Å². The molecular weight excluding hydrogens is 244 g/mol. The monoisotopic (exact) mass is 264 g/mol. The number of aryl methyl sites for hydroxylation is 1. The Morgan fingerprint density at radius 1 is 1.58 bits per heavy atom. The Bertz CT molecular complexity index is 469. The molecule has 2 amide bonds. The number of aromatic nitrogens is 2. The predicted molar refractivity (Wildman–Crippen MR) is 70.3 cm³/mol. The maximum absolute atomic E-state index is 11.9. The van der Waals surface area contributed by atoms with Crippen LogP contribution in [0.2, 0.25) is 0 Å². The first-order valence-corrected chi connectivity index (χ1v) is 6.64. The van der Waals surface area contributed by atoms with Gasteiger partial charge in [-0.25, -0.2) is 0 Å². The second-order valence-corrected chi connectivity index (χ2v) is 4.91. The molecule has 1 unspecified atom stereocenters. The molecule has 0 saturated carbocycles. The molecule has 6 nitrogen and oxygen atoms in total. The van der Waals surface area contributed by atoms with Crippen LogP contribution in [0.5, 0.6) is 0 Å². The second-order valence-electron chi connectivity index (χ2n) is 4.91. The highest BCUT2D eigenvalue weighted by molar-refractivity contribution is 5.89. The number of amides is 2. The summed E-state index contributed by atoms with van der Waals surface area (Å²) in [7, 11) is 0. The zero-order valence-electron chi connectivity index (χ0n) is 11.4. The summed E-state index contributed by atoms with van der Waals surface area (Å²) in [4.78, 5) is 25.2. The predicted octanol–water partition coefficient (Wildman–Crippen LogP) is 0.176. The number of carbonyl (C=O) groups excluding carboxylic acids is 2.